The van der Waals surface area contributed by atoms with E-state index in [1.165, 1.54) is 6.20 Å². The highest BCUT2D eigenvalue weighted by molar-refractivity contribution is 6.62. The quantitative estimate of drug-likeness (QED) is 0.847. The van der Waals surface area contributed by atoms with Gasteiger partial charge in [-0.05, 0) is 46.6 Å². The van der Waals surface area contributed by atoms with Gasteiger partial charge in [0.1, 0.15) is 11.3 Å². The van der Waals surface area contributed by atoms with Crippen LogP contribution in [0.3, 0.4) is 0 Å². The minimum Gasteiger partial charge on any atom is -0.489 e. The molecule has 2 heterocycles. The molecule has 1 saturated heterocycles. The van der Waals surface area contributed by atoms with E-state index in [2.05, 4.69) is 10.3 Å². The Balaban J connectivity index is 1.93. The van der Waals surface area contributed by atoms with Crippen LogP contribution in [0.4, 0.5) is 0 Å². The van der Waals surface area contributed by atoms with Crippen molar-refractivity contribution in [3.8, 4) is 5.75 Å². The largest absolute Gasteiger partial charge is 0.518 e. The van der Waals surface area contributed by atoms with Crippen molar-refractivity contribution in [2.24, 2.45) is 0 Å². The molecule has 0 aromatic carbocycles. The van der Waals surface area contributed by atoms with Crippen molar-refractivity contribution in [2.45, 2.75) is 57.8 Å². The summed E-state index contributed by atoms with van der Waals surface area (Å²) in [5.74, 6) is 0.366. The summed E-state index contributed by atoms with van der Waals surface area (Å²) in [4.78, 5) is 16.2. The maximum absolute atomic E-state index is 11.8. The van der Waals surface area contributed by atoms with Crippen molar-refractivity contribution >= 4 is 18.6 Å². The third kappa shape index (κ3) is 3.08. The van der Waals surface area contributed by atoms with E-state index >= 15 is 0 Å². The molecule has 1 amide bonds. The lowest BCUT2D eigenvalue weighted by molar-refractivity contribution is 0.00578. The molecule has 124 valence electrons. The van der Waals surface area contributed by atoms with E-state index in [0.29, 0.717) is 16.9 Å². The summed E-state index contributed by atoms with van der Waals surface area (Å²) in [6.07, 6.45) is 3.76. The molecule has 2 aliphatic rings. The molecule has 7 heteroatoms. The van der Waals surface area contributed by atoms with Crippen molar-refractivity contribution in [3.63, 3.8) is 0 Å². The predicted molar refractivity (Wildman–Crippen MR) is 87.0 cm³/mol. The van der Waals surface area contributed by atoms with E-state index in [9.17, 15) is 4.79 Å². The van der Waals surface area contributed by atoms with Gasteiger partial charge in [0, 0.05) is 13.2 Å². The summed E-state index contributed by atoms with van der Waals surface area (Å²) >= 11 is 0. The zero-order valence-corrected chi connectivity index (χ0v) is 14.3. The molecule has 1 aromatic rings. The molecule has 3 rings (SSSR count). The van der Waals surface area contributed by atoms with E-state index in [1.807, 2.05) is 27.7 Å². The number of nitrogens with one attached hydrogen (secondary N) is 1. The number of pyridine rings is 1. The fourth-order valence-corrected chi connectivity index (χ4v) is 2.32. The third-order valence-electron chi connectivity index (χ3n) is 4.67. The Morgan fingerprint density at radius 2 is 1.91 bits per heavy atom. The summed E-state index contributed by atoms with van der Waals surface area (Å²) in [6, 6.07) is 1.71. The smallest absolute Gasteiger partial charge is 0.489 e. The van der Waals surface area contributed by atoms with Crippen LogP contribution in [-0.4, -0.2) is 42.4 Å². The lowest BCUT2D eigenvalue weighted by Gasteiger charge is -2.32. The van der Waals surface area contributed by atoms with Gasteiger partial charge in [-0.2, -0.15) is 0 Å². The number of hydrogen-bond donors (Lipinski definition) is 1. The number of amides is 1. The summed E-state index contributed by atoms with van der Waals surface area (Å²) in [5.41, 5.74) is 0.150. The van der Waals surface area contributed by atoms with Crippen molar-refractivity contribution in [1.29, 1.82) is 0 Å². The molecule has 0 atom stereocenters. The van der Waals surface area contributed by atoms with Crippen LogP contribution < -0.4 is 15.6 Å². The average molecular weight is 318 g/mol. The summed E-state index contributed by atoms with van der Waals surface area (Å²) in [5, 5.41) is 2.60. The van der Waals surface area contributed by atoms with Gasteiger partial charge in [0.15, 0.2) is 0 Å². The number of nitrogens with zero attached hydrogens (tertiary/aromatic N) is 1. The zero-order valence-electron chi connectivity index (χ0n) is 14.3. The Morgan fingerprint density at radius 1 is 1.30 bits per heavy atom. The second-order valence-corrected chi connectivity index (χ2v) is 7.09. The molecule has 0 unspecified atom stereocenters. The maximum atomic E-state index is 11.8. The van der Waals surface area contributed by atoms with Crippen LogP contribution in [0.5, 0.6) is 5.75 Å². The van der Waals surface area contributed by atoms with E-state index in [0.717, 1.165) is 12.8 Å². The third-order valence-corrected chi connectivity index (χ3v) is 4.67. The molecule has 6 nitrogen and oxygen atoms in total. The molecule has 2 fully saturated rings. The SMILES string of the molecule is CNC(=O)c1cnc(B2OC(C)(C)C(C)(C)O2)c(OC2CC2)c1. The topological polar surface area (TPSA) is 69.7 Å². The molecule has 1 aliphatic carbocycles. The van der Waals surface area contributed by atoms with Gasteiger partial charge in [-0.1, -0.05) is 0 Å². The van der Waals surface area contributed by atoms with Gasteiger partial charge in [-0.3, -0.25) is 9.78 Å². The average Bonchev–Trinajstić information content (AvgIpc) is 3.25. The highest BCUT2D eigenvalue weighted by atomic mass is 16.7. The molecular formula is C16H23BN2O4. The van der Waals surface area contributed by atoms with Gasteiger partial charge in [-0.15, -0.1) is 0 Å². The highest BCUT2D eigenvalue weighted by Crippen LogP contribution is 2.37. The van der Waals surface area contributed by atoms with Crippen LogP contribution in [0.15, 0.2) is 12.3 Å². The molecule has 1 N–H and O–H groups in total. The van der Waals surface area contributed by atoms with Crippen LogP contribution >= 0.6 is 0 Å². The van der Waals surface area contributed by atoms with Crippen molar-refractivity contribution in [1.82, 2.24) is 10.3 Å². The lowest BCUT2D eigenvalue weighted by Crippen LogP contribution is -2.41. The predicted octanol–water partition coefficient (Wildman–Crippen LogP) is 1.28. The number of carbonyl (C=O) groups is 1. The van der Waals surface area contributed by atoms with Gasteiger partial charge in [0.05, 0.1) is 22.9 Å². The Bertz CT molecular complexity index is 613. The van der Waals surface area contributed by atoms with E-state index < -0.39 is 18.3 Å². The van der Waals surface area contributed by atoms with E-state index in [4.69, 9.17) is 14.0 Å². The highest BCUT2D eigenvalue weighted by Gasteiger charge is 2.53. The number of rotatable bonds is 4. The second-order valence-electron chi connectivity index (χ2n) is 7.09. The van der Waals surface area contributed by atoms with Crippen LogP contribution in [-0.2, 0) is 9.31 Å². The fourth-order valence-electron chi connectivity index (χ4n) is 2.32. The molecule has 23 heavy (non-hydrogen) atoms. The Labute approximate surface area is 137 Å². The fraction of sp³-hybridized carbons (Fsp3) is 0.625. The molecule has 1 aromatic heterocycles. The monoisotopic (exact) mass is 318 g/mol. The molecule has 0 spiro atoms. The summed E-state index contributed by atoms with van der Waals surface area (Å²) in [7, 11) is 0.985. The number of carbonyl (C=O) groups excluding carboxylic acids is 1. The lowest BCUT2D eigenvalue weighted by atomic mass is 9.83. The number of aromatic nitrogens is 1. The van der Waals surface area contributed by atoms with Crippen molar-refractivity contribution in [3.05, 3.63) is 17.8 Å². The van der Waals surface area contributed by atoms with Crippen LogP contribution in [0.25, 0.3) is 0 Å². The standard InChI is InChI=1S/C16H23BN2O4/c1-15(2)16(3,4)23-17(22-15)13-12(21-11-6-7-11)8-10(9-19-13)14(20)18-5/h8-9,11H,6-7H2,1-5H3,(H,18,20). The minimum absolute atomic E-state index is 0.193. The van der Waals surface area contributed by atoms with E-state index in [-0.39, 0.29) is 12.0 Å². The minimum atomic E-state index is -0.604. The zero-order chi connectivity index (χ0) is 16.8. The number of hydrogen-bond acceptors (Lipinski definition) is 5. The van der Waals surface area contributed by atoms with Gasteiger partial charge in [-0.25, -0.2) is 0 Å². The number of ether oxygens (including phenoxy) is 1. The first-order chi connectivity index (χ1) is 10.7. The first kappa shape index (κ1) is 16.3. The van der Waals surface area contributed by atoms with Crippen LogP contribution in [0, 0.1) is 0 Å². The normalized spacial score (nSPS) is 22.0. The maximum Gasteiger partial charge on any atom is 0.518 e. The molecule has 1 saturated carbocycles. The Morgan fingerprint density at radius 3 is 2.43 bits per heavy atom. The molecule has 1 aliphatic heterocycles. The first-order valence-corrected chi connectivity index (χ1v) is 7.98. The van der Waals surface area contributed by atoms with Crippen LogP contribution in [0.2, 0.25) is 0 Å². The first-order valence-electron chi connectivity index (χ1n) is 7.98. The molecule has 0 radical (unpaired) electrons. The van der Waals surface area contributed by atoms with Crippen molar-refractivity contribution < 1.29 is 18.8 Å². The van der Waals surface area contributed by atoms with E-state index in [1.54, 1.807) is 13.1 Å². The second kappa shape index (κ2) is 5.49. The Hall–Kier alpha value is -1.60. The van der Waals surface area contributed by atoms with Gasteiger partial charge in [0.25, 0.3) is 5.91 Å². The molecule has 0 bridgehead atoms. The van der Waals surface area contributed by atoms with Crippen LogP contribution in [0.1, 0.15) is 50.9 Å². The summed E-state index contributed by atoms with van der Waals surface area (Å²) < 4.78 is 18.0. The van der Waals surface area contributed by atoms with Gasteiger partial charge >= 0.3 is 7.12 Å². The van der Waals surface area contributed by atoms with Crippen molar-refractivity contribution in [2.75, 3.05) is 7.05 Å². The summed E-state index contributed by atoms with van der Waals surface area (Å²) in [6.45, 7) is 7.97. The van der Waals surface area contributed by atoms with Gasteiger partial charge < -0.3 is 19.4 Å². The molecular weight excluding hydrogens is 295 g/mol. The van der Waals surface area contributed by atoms with Gasteiger partial charge in [0.2, 0.25) is 0 Å². The Kier molecular flexibility index (Phi) is 3.88.